The Labute approximate surface area is 189 Å². The van der Waals surface area contributed by atoms with Crippen molar-refractivity contribution in [2.75, 3.05) is 11.3 Å². The van der Waals surface area contributed by atoms with Crippen LogP contribution in [-0.2, 0) is 10.0 Å². The second-order valence-electron chi connectivity index (χ2n) is 7.49. The predicted molar refractivity (Wildman–Crippen MR) is 119 cm³/mol. The topological polar surface area (TPSA) is 112 Å². The van der Waals surface area contributed by atoms with Crippen molar-refractivity contribution < 1.29 is 22.0 Å². The van der Waals surface area contributed by atoms with Crippen LogP contribution >= 0.6 is 11.3 Å². The lowest BCUT2D eigenvalue weighted by atomic mass is 9.86. The quantitative estimate of drug-likeness (QED) is 0.544. The number of benzene rings is 1. The third-order valence-corrected chi connectivity index (χ3v) is 6.79. The minimum atomic E-state index is -4.42. The Balaban J connectivity index is 2.15. The molecule has 7 nitrogen and oxygen atoms in total. The van der Waals surface area contributed by atoms with Crippen molar-refractivity contribution in [1.29, 1.82) is 5.26 Å². The number of anilines is 1. The highest BCUT2D eigenvalue weighted by atomic mass is 32.2. The Kier molecular flexibility index (Phi) is 7.87. The van der Waals surface area contributed by atoms with E-state index >= 15 is 0 Å². The number of thiazole rings is 1. The van der Waals surface area contributed by atoms with Gasteiger partial charge < -0.3 is 5.32 Å². The number of aromatic nitrogens is 1. The highest BCUT2D eigenvalue weighted by Gasteiger charge is 2.25. The summed E-state index contributed by atoms with van der Waals surface area (Å²) in [6.45, 7) is 7.13. The number of allylic oxidation sites excluding steroid dienone is 3. The second kappa shape index (κ2) is 10.0. The Hall–Kier alpha value is -3.10. The lowest BCUT2D eigenvalue weighted by Crippen LogP contribution is -2.26. The number of nitrogens with zero attached hydrogens (tertiary/aromatic N) is 2. The molecule has 0 spiro atoms. The largest absolute Gasteiger partial charge is 0.348 e. The van der Waals surface area contributed by atoms with Crippen LogP contribution in [0.1, 0.15) is 38.1 Å². The van der Waals surface area contributed by atoms with E-state index in [9.17, 15) is 22.0 Å². The summed E-state index contributed by atoms with van der Waals surface area (Å²) >= 11 is 0.973. The number of carbonyl (C=O) groups is 1. The maximum absolute atomic E-state index is 14.5. The monoisotopic (exact) mass is 480 g/mol. The average molecular weight is 481 g/mol. The first-order chi connectivity index (χ1) is 14.9. The average Bonchev–Trinajstić information content (AvgIpc) is 3.23. The molecule has 2 rings (SSSR count). The van der Waals surface area contributed by atoms with Gasteiger partial charge >= 0.3 is 0 Å². The molecule has 0 saturated carbocycles. The molecule has 170 valence electrons. The number of nitriles is 1. The van der Waals surface area contributed by atoms with Crippen molar-refractivity contribution in [3.05, 3.63) is 64.2 Å². The number of halogens is 2. The molecule has 0 bridgehead atoms. The fraction of sp³-hybridized carbons (Fsp3) is 0.286. The van der Waals surface area contributed by atoms with Crippen LogP contribution in [0, 0.1) is 28.4 Å². The maximum atomic E-state index is 14.5. The normalized spacial score (nSPS) is 12.9. The zero-order chi connectivity index (χ0) is 24.1. The molecular formula is C21H22F2N4O3S2. The van der Waals surface area contributed by atoms with Crippen molar-refractivity contribution in [2.45, 2.75) is 32.6 Å². The fourth-order valence-corrected chi connectivity index (χ4v) is 4.15. The van der Waals surface area contributed by atoms with Gasteiger partial charge in [-0.1, -0.05) is 23.3 Å². The minimum absolute atomic E-state index is 0.00339. The van der Waals surface area contributed by atoms with Gasteiger partial charge in [0.2, 0.25) is 0 Å². The van der Waals surface area contributed by atoms with Crippen LogP contribution in [0.3, 0.4) is 0 Å². The minimum Gasteiger partial charge on any atom is -0.348 e. The van der Waals surface area contributed by atoms with Gasteiger partial charge in [0.1, 0.15) is 16.5 Å². The molecule has 2 aromatic rings. The number of carbonyl (C=O) groups excluding carboxylic acids is 1. The van der Waals surface area contributed by atoms with Crippen LogP contribution in [0.2, 0.25) is 0 Å². The van der Waals surface area contributed by atoms with E-state index in [0.29, 0.717) is 17.7 Å². The number of nitrogens with one attached hydrogen (secondary N) is 2. The Bertz CT molecular complexity index is 1210. The molecule has 0 aliphatic heterocycles. The molecule has 0 unspecified atom stereocenters. The van der Waals surface area contributed by atoms with E-state index in [0.717, 1.165) is 16.9 Å². The summed E-state index contributed by atoms with van der Waals surface area (Å²) < 4.78 is 55.5. The van der Waals surface area contributed by atoms with E-state index in [2.05, 4.69) is 16.4 Å². The molecule has 32 heavy (non-hydrogen) atoms. The molecule has 2 N–H and O–H groups in total. The number of sulfonamides is 1. The fourth-order valence-electron chi connectivity index (χ4n) is 2.29. The molecule has 0 radical (unpaired) electrons. The van der Waals surface area contributed by atoms with E-state index in [1.807, 2.05) is 11.6 Å². The molecule has 0 saturated heterocycles. The van der Waals surface area contributed by atoms with Crippen molar-refractivity contribution >= 4 is 32.4 Å². The molecule has 1 aromatic carbocycles. The Morgan fingerprint density at radius 3 is 2.53 bits per heavy atom. The summed E-state index contributed by atoms with van der Waals surface area (Å²) in [5.41, 5.74) is 0.263. The summed E-state index contributed by atoms with van der Waals surface area (Å²) in [4.78, 5) is 15.1. The first-order valence-corrected chi connectivity index (χ1v) is 11.7. The van der Waals surface area contributed by atoms with Crippen LogP contribution in [0.4, 0.5) is 13.9 Å². The van der Waals surface area contributed by atoms with Gasteiger partial charge in [-0.05, 0) is 39.8 Å². The maximum Gasteiger partial charge on any atom is 0.266 e. The highest BCUT2D eigenvalue weighted by Crippen LogP contribution is 2.25. The lowest BCUT2D eigenvalue weighted by Gasteiger charge is -2.15. The smallest absolute Gasteiger partial charge is 0.266 e. The zero-order valence-electron chi connectivity index (χ0n) is 17.9. The van der Waals surface area contributed by atoms with E-state index in [1.165, 1.54) is 11.6 Å². The number of amides is 1. The summed E-state index contributed by atoms with van der Waals surface area (Å²) in [5.74, 6) is -3.36. The van der Waals surface area contributed by atoms with Gasteiger partial charge in [0.25, 0.3) is 15.9 Å². The van der Waals surface area contributed by atoms with E-state index in [1.54, 1.807) is 32.9 Å². The second-order valence-corrected chi connectivity index (χ2v) is 10.0. The summed E-state index contributed by atoms with van der Waals surface area (Å²) in [7, 11) is -4.42. The number of rotatable bonds is 8. The summed E-state index contributed by atoms with van der Waals surface area (Å²) in [6.07, 6.45) is 4.82. The highest BCUT2D eigenvalue weighted by molar-refractivity contribution is 7.93. The van der Waals surface area contributed by atoms with Gasteiger partial charge in [-0.2, -0.15) is 5.26 Å². The summed E-state index contributed by atoms with van der Waals surface area (Å²) in [6, 6.07) is 3.18. The van der Waals surface area contributed by atoms with Crippen molar-refractivity contribution in [3.63, 3.8) is 0 Å². The molecule has 1 aromatic heterocycles. The third kappa shape index (κ3) is 6.21. The Morgan fingerprint density at radius 2 is 1.94 bits per heavy atom. The van der Waals surface area contributed by atoms with Gasteiger partial charge in [-0.3, -0.25) is 9.52 Å². The molecule has 1 heterocycles. The van der Waals surface area contributed by atoms with Crippen LogP contribution in [-0.4, -0.2) is 25.9 Å². The van der Waals surface area contributed by atoms with Crippen LogP contribution in [0.5, 0.6) is 0 Å². The number of hydrogen-bond acceptors (Lipinski definition) is 6. The SMILES string of the molecule is C/C(=C\C=C(/C)C(C)(C)C#N)CNC(=O)c1cc(F)c(S(=O)(=O)Nc2nccs2)cc1F. The molecule has 1 amide bonds. The van der Waals surface area contributed by atoms with Crippen LogP contribution in [0.25, 0.3) is 0 Å². The molecule has 0 aliphatic carbocycles. The van der Waals surface area contributed by atoms with Gasteiger partial charge in [0.05, 0.1) is 17.0 Å². The zero-order valence-corrected chi connectivity index (χ0v) is 19.5. The first kappa shape index (κ1) is 25.2. The van der Waals surface area contributed by atoms with E-state index in [-0.39, 0.29) is 11.7 Å². The van der Waals surface area contributed by atoms with Gasteiger partial charge in [-0.25, -0.2) is 22.2 Å². The van der Waals surface area contributed by atoms with Crippen LogP contribution < -0.4 is 10.0 Å². The van der Waals surface area contributed by atoms with Crippen molar-refractivity contribution in [2.24, 2.45) is 5.41 Å². The van der Waals surface area contributed by atoms with Gasteiger partial charge in [0.15, 0.2) is 5.13 Å². The number of hydrogen-bond donors (Lipinski definition) is 2. The lowest BCUT2D eigenvalue weighted by molar-refractivity contribution is 0.0952. The molecule has 11 heteroatoms. The summed E-state index contributed by atoms with van der Waals surface area (Å²) in [5, 5.41) is 13.1. The molecule has 0 fully saturated rings. The van der Waals surface area contributed by atoms with Crippen LogP contribution in [0.15, 0.2) is 51.9 Å². The van der Waals surface area contributed by atoms with Gasteiger partial charge in [-0.15, -0.1) is 11.3 Å². The standard InChI is InChI=1S/C21H22F2N4O3S2/c1-13(5-6-14(2)21(3,4)12-24)11-26-19(28)15-9-17(23)18(10-16(15)22)32(29,30)27-20-25-7-8-31-20/h5-10H,11H2,1-4H3,(H,25,27)(H,26,28)/b13-5+,14-6+. The third-order valence-electron chi connectivity index (χ3n) is 4.62. The molecule has 0 aliphatic rings. The van der Waals surface area contributed by atoms with E-state index < -0.39 is 43.4 Å². The molecule has 0 atom stereocenters. The van der Waals surface area contributed by atoms with Crippen molar-refractivity contribution in [1.82, 2.24) is 10.3 Å². The molecular weight excluding hydrogens is 458 g/mol. The van der Waals surface area contributed by atoms with Crippen molar-refractivity contribution in [3.8, 4) is 6.07 Å². The Morgan fingerprint density at radius 1 is 1.25 bits per heavy atom. The first-order valence-electron chi connectivity index (χ1n) is 9.32. The van der Waals surface area contributed by atoms with Gasteiger partial charge in [0, 0.05) is 18.1 Å². The van der Waals surface area contributed by atoms with E-state index in [4.69, 9.17) is 5.26 Å². The predicted octanol–water partition coefficient (Wildman–Crippen LogP) is 4.39.